The van der Waals surface area contributed by atoms with Crippen molar-refractivity contribution in [3.8, 4) is 0 Å². The molecule has 2 heterocycles. The molecule has 13 heavy (non-hydrogen) atoms. The molecule has 0 spiro atoms. The zero-order valence-corrected chi connectivity index (χ0v) is 7.85. The Bertz CT molecular complexity index is 284. The number of aliphatic hydroxyl groups is 1. The van der Waals surface area contributed by atoms with E-state index in [-0.39, 0.29) is 12.6 Å². The molecule has 0 aromatic carbocycles. The minimum atomic E-state index is 0.241. The number of rotatable bonds is 2. The van der Waals surface area contributed by atoms with Crippen LogP contribution >= 0.6 is 0 Å². The summed E-state index contributed by atoms with van der Waals surface area (Å²) in [6.07, 6.45) is 4.04. The van der Waals surface area contributed by atoms with Gasteiger partial charge < -0.3 is 10.0 Å². The summed E-state index contributed by atoms with van der Waals surface area (Å²) in [6.45, 7) is 1.27. The Labute approximate surface area is 77.8 Å². The SMILES string of the molecule is Cn1nccc1N1CCC[C@@H]1CO. The topological polar surface area (TPSA) is 41.3 Å². The van der Waals surface area contributed by atoms with Gasteiger partial charge in [-0.15, -0.1) is 0 Å². The van der Waals surface area contributed by atoms with Gasteiger partial charge >= 0.3 is 0 Å². The van der Waals surface area contributed by atoms with Gasteiger partial charge in [-0.25, -0.2) is 0 Å². The van der Waals surface area contributed by atoms with Gasteiger partial charge in [0.25, 0.3) is 0 Å². The molecule has 0 saturated carbocycles. The van der Waals surface area contributed by atoms with Gasteiger partial charge in [0.05, 0.1) is 18.8 Å². The third-order valence-corrected chi connectivity index (χ3v) is 2.68. The molecule has 4 heteroatoms. The van der Waals surface area contributed by atoms with Crippen molar-refractivity contribution in [3.05, 3.63) is 12.3 Å². The molecular weight excluding hydrogens is 166 g/mol. The average molecular weight is 181 g/mol. The Hall–Kier alpha value is -1.03. The predicted molar refractivity (Wildman–Crippen MR) is 50.7 cm³/mol. The fourth-order valence-electron chi connectivity index (χ4n) is 1.98. The molecule has 1 aromatic rings. The van der Waals surface area contributed by atoms with Crippen LogP contribution in [0.3, 0.4) is 0 Å². The lowest BCUT2D eigenvalue weighted by Crippen LogP contribution is -2.33. The van der Waals surface area contributed by atoms with Crippen LogP contribution in [0.4, 0.5) is 5.82 Å². The van der Waals surface area contributed by atoms with Crippen molar-refractivity contribution in [1.82, 2.24) is 9.78 Å². The molecule has 0 amide bonds. The molecule has 1 fully saturated rings. The maximum atomic E-state index is 9.15. The molecule has 72 valence electrons. The predicted octanol–water partition coefficient (Wildman–Crippen LogP) is 0.381. The van der Waals surface area contributed by atoms with Gasteiger partial charge in [0.2, 0.25) is 0 Å². The van der Waals surface area contributed by atoms with E-state index in [9.17, 15) is 0 Å². The molecule has 1 aliphatic rings. The molecule has 0 radical (unpaired) electrons. The first-order chi connectivity index (χ1) is 6.33. The number of aliphatic hydroxyl groups excluding tert-OH is 1. The van der Waals surface area contributed by atoms with Crippen LogP contribution in [0, 0.1) is 0 Å². The molecule has 1 aromatic heterocycles. The lowest BCUT2D eigenvalue weighted by molar-refractivity contribution is 0.265. The third kappa shape index (κ3) is 1.42. The number of aromatic nitrogens is 2. The molecule has 1 aliphatic heterocycles. The van der Waals surface area contributed by atoms with E-state index in [1.807, 2.05) is 17.8 Å². The van der Waals surface area contributed by atoms with Gasteiger partial charge in [-0.3, -0.25) is 4.68 Å². The van der Waals surface area contributed by atoms with Crippen LogP contribution in [-0.2, 0) is 7.05 Å². The van der Waals surface area contributed by atoms with Crippen LogP contribution in [0.15, 0.2) is 12.3 Å². The van der Waals surface area contributed by atoms with Crippen LogP contribution in [0.1, 0.15) is 12.8 Å². The van der Waals surface area contributed by atoms with Crippen LogP contribution in [0.5, 0.6) is 0 Å². The summed E-state index contributed by atoms with van der Waals surface area (Å²) in [6, 6.07) is 2.28. The Kier molecular flexibility index (Phi) is 2.22. The van der Waals surface area contributed by atoms with Gasteiger partial charge in [-0.1, -0.05) is 0 Å². The Balaban J connectivity index is 2.20. The molecule has 2 rings (SSSR count). The molecular formula is C9H15N3O. The normalized spacial score (nSPS) is 22.6. The summed E-state index contributed by atoms with van der Waals surface area (Å²) in [5.74, 6) is 1.11. The van der Waals surface area contributed by atoms with E-state index in [0.717, 1.165) is 25.2 Å². The van der Waals surface area contributed by atoms with E-state index in [1.54, 1.807) is 6.20 Å². The van der Waals surface area contributed by atoms with E-state index < -0.39 is 0 Å². The standard InChI is InChI=1S/C9H15N3O/c1-11-9(4-5-10-11)12-6-2-3-8(12)7-13/h4-5,8,13H,2-3,6-7H2,1H3/t8-/m1/s1. The van der Waals surface area contributed by atoms with Crippen molar-refractivity contribution in [3.63, 3.8) is 0 Å². The summed E-state index contributed by atoms with van der Waals surface area (Å²) in [7, 11) is 1.93. The molecule has 4 nitrogen and oxygen atoms in total. The van der Waals surface area contributed by atoms with E-state index >= 15 is 0 Å². The third-order valence-electron chi connectivity index (χ3n) is 2.68. The summed E-state index contributed by atoms with van der Waals surface area (Å²) in [5, 5.41) is 13.3. The van der Waals surface area contributed by atoms with E-state index in [1.165, 1.54) is 0 Å². The van der Waals surface area contributed by atoms with E-state index in [4.69, 9.17) is 5.11 Å². The smallest absolute Gasteiger partial charge is 0.126 e. The van der Waals surface area contributed by atoms with Crippen molar-refractivity contribution >= 4 is 5.82 Å². The Morgan fingerprint density at radius 1 is 1.69 bits per heavy atom. The van der Waals surface area contributed by atoms with Gasteiger partial charge in [0.15, 0.2) is 0 Å². The number of anilines is 1. The number of nitrogens with zero attached hydrogens (tertiary/aromatic N) is 3. The molecule has 1 N–H and O–H groups in total. The van der Waals surface area contributed by atoms with Crippen LogP contribution in [0.25, 0.3) is 0 Å². The second-order valence-corrected chi connectivity index (χ2v) is 3.49. The van der Waals surface area contributed by atoms with E-state index in [2.05, 4.69) is 10.00 Å². The van der Waals surface area contributed by atoms with Crippen molar-refractivity contribution < 1.29 is 5.11 Å². The molecule has 0 bridgehead atoms. The van der Waals surface area contributed by atoms with Gasteiger partial charge in [0.1, 0.15) is 5.82 Å². The highest BCUT2D eigenvalue weighted by molar-refractivity contribution is 5.40. The van der Waals surface area contributed by atoms with Gasteiger partial charge in [0, 0.05) is 19.7 Å². The Morgan fingerprint density at radius 3 is 3.15 bits per heavy atom. The quantitative estimate of drug-likeness (QED) is 0.717. The maximum absolute atomic E-state index is 9.15. The number of aryl methyl sites for hydroxylation is 1. The highest BCUT2D eigenvalue weighted by Crippen LogP contribution is 2.23. The zero-order chi connectivity index (χ0) is 9.26. The average Bonchev–Trinajstić information content (AvgIpc) is 2.71. The fraction of sp³-hybridized carbons (Fsp3) is 0.667. The first kappa shape index (κ1) is 8.56. The fourth-order valence-corrected chi connectivity index (χ4v) is 1.98. The minimum Gasteiger partial charge on any atom is -0.394 e. The minimum absolute atomic E-state index is 0.241. The highest BCUT2D eigenvalue weighted by Gasteiger charge is 2.25. The molecule has 0 unspecified atom stereocenters. The highest BCUT2D eigenvalue weighted by atomic mass is 16.3. The first-order valence-electron chi connectivity index (χ1n) is 4.68. The largest absolute Gasteiger partial charge is 0.394 e. The summed E-state index contributed by atoms with van der Waals surface area (Å²) in [4.78, 5) is 2.23. The lowest BCUT2D eigenvalue weighted by Gasteiger charge is -2.24. The summed E-state index contributed by atoms with van der Waals surface area (Å²) >= 11 is 0. The molecule has 1 saturated heterocycles. The van der Waals surface area contributed by atoms with Gasteiger partial charge in [-0.2, -0.15) is 5.10 Å². The summed E-state index contributed by atoms with van der Waals surface area (Å²) < 4.78 is 1.86. The van der Waals surface area contributed by atoms with Crippen molar-refractivity contribution in [2.24, 2.45) is 7.05 Å². The van der Waals surface area contributed by atoms with Crippen LogP contribution < -0.4 is 4.90 Å². The second kappa shape index (κ2) is 3.38. The Morgan fingerprint density at radius 2 is 2.54 bits per heavy atom. The van der Waals surface area contributed by atoms with Crippen LogP contribution in [0.2, 0.25) is 0 Å². The number of hydrogen-bond donors (Lipinski definition) is 1. The van der Waals surface area contributed by atoms with Gasteiger partial charge in [-0.05, 0) is 12.8 Å². The van der Waals surface area contributed by atoms with Crippen molar-refractivity contribution in [1.29, 1.82) is 0 Å². The first-order valence-corrected chi connectivity index (χ1v) is 4.68. The van der Waals surface area contributed by atoms with E-state index in [0.29, 0.717) is 0 Å². The molecule has 1 atom stereocenters. The second-order valence-electron chi connectivity index (χ2n) is 3.49. The molecule has 0 aliphatic carbocycles. The zero-order valence-electron chi connectivity index (χ0n) is 7.85. The maximum Gasteiger partial charge on any atom is 0.126 e. The monoisotopic (exact) mass is 181 g/mol. The van der Waals surface area contributed by atoms with Crippen molar-refractivity contribution in [2.75, 3.05) is 18.1 Å². The number of hydrogen-bond acceptors (Lipinski definition) is 3. The summed E-state index contributed by atoms with van der Waals surface area (Å²) in [5.41, 5.74) is 0. The van der Waals surface area contributed by atoms with Crippen molar-refractivity contribution in [2.45, 2.75) is 18.9 Å². The van der Waals surface area contributed by atoms with Crippen LogP contribution in [-0.4, -0.2) is 34.1 Å². The lowest BCUT2D eigenvalue weighted by atomic mass is 10.2.